The van der Waals surface area contributed by atoms with Crippen LogP contribution in [0.15, 0.2) is 9.98 Å². The summed E-state index contributed by atoms with van der Waals surface area (Å²) < 4.78 is 0.949. The normalized spacial score (nSPS) is 20.9. The van der Waals surface area contributed by atoms with E-state index in [-0.39, 0.29) is 0 Å². The minimum Gasteiger partial charge on any atom is -0.361 e. The molecule has 2 aliphatic rings. The van der Waals surface area contributed by atoms with Crippen molar-refractivity contribution >= 4 is 32.4 Å². The molecule has 4 heteroatoms. The molecule has 0 bridgehead atoms. The molecule has 1 heterocycles. The highest BCUT2D eigenvalue weighted by molar-refractivity contribution is 9.10. The maximum atomic E-state index is 4.37. The number of hydrogen-bond donors (Lipinski definition) is 1. The van der Waals surface area contributed by atoms with Crippen molar-refractivity contribution in [1.82, 2.24) is 4.98 Å². The maximum Gasteiger partial charge on any atom is 0.183 e. The summed E-state index contributed by atoms with van der Waals surface area (Å²) in [5, 5.41) is 6.58. The molecule has 2 aliphatic carbocycles. The van der Waals surface area contributed by atoms with E-state index in [4.69, 9.17) is 0 Å². The minimum atomic E-state index is 0.924. The first-order valence-corrected chi connectivity index (χ1v) is 7.35. The third-order valence-corrected chi connectivity index (χ3v) is 4.93. The number of rotatable bonds is 5. The molecule has 82 valence electrons. The van der Waals surface area contributed by atoms with Crippen LogP contribution in [0.3, 0.4) is 0 Å². The van der Waals surface area contributed by atoms with Gasteiger partial charge in [0.05, 0.1) is 0 Å². The van der Waals surface area contributed by atoms with Gasteiger partial charge in [-0.05, 0) is 59.4 Å². The van der Waals surface area contributed by atoms with Gasteiger partial charge in [0.2, 0.25) is 0 Å². The Balaban J connectivity index is 1.55. The van der Waals surface area contributed by atoms with Crippen LogP contribution in [0.2, 0.25) is 0 Å². The lowest BCUT2D eigenvalue weighted by Crippen LogP contribution is -2.18. The summed E-state index contributed by atoms with van der Waals surface area (Å²) in [4.78, 5) is 4.37. The molecular formula is C11H15BrN2S. The topological polar surface area (TPSA) is 24.9 Å². The van der Waals surface area contributed by atoms with Gasteiger partial charge in [-0.3, -0.25) is 0 Å². The van der Waals surface area contributed by atoms with Gasteiger partial charge in [0, 0.05) is 11.9 Å². The van der Waals surface area contributed by atoms with E-state index < -0.39 is 0 Å². The van der Waals surface area contributed by atoms with Gasteiger partial charge in [-0.25, -0.2) is 4.98 Å². The largest absolute Gasteiger partial charge is 0.361 e. The molecule has 0 atom stereocenters. The monoisotopic (exact) mass is 286 g/mol. The van der Waals surface area contributed by atoms with Crippen molar-refractivity contribution in [3.05, 3.63) is 9.98 Å². The lowest BCUT2D eigenvalue weighted by atomic mass is 9.98. The van der Waals surface area contributed by atoms with Gasteiger partial charge < -0.3 is 5.32 Å². The van der Waals surface area contributed by atoms with Crippen molar-refractivity contribution in [3.63, 3.8) is 0 Å². The van der Waals surface area contributed by atoms with Crippen LogP contribution in [0.25, 0.3) is 0 Å². The van der Waals surface area contributed by atoms with Gasteiger partial charge in [-0.15, -0.1) is 11.3 Å². The van der Waals surface area contributed by atoms with Crippen LogP contribution in [0.5, 0.6) is 0 Å². The Hall–Kier alpha value is -0.0900. The Morgan fingerprint density at radius 3 is 2.53 bits per heavy atom. The lowest BCUT2D eigenvalue weighted by Gasteiger charge is -2.15. The second-order valence-corrected chi connectivity index (χ2v) is 6.37. The second kappa shape index (κ2) is 4.06. The van der Waals surface area contributed by atoms with E-state index in [2.05, 4.69) is 26.2 Å². The van der Waals surface area contributed by atoms with Crippen LogP contribution in [0.1, 0.15) is 25.7 Å². The van der Waals surface area contributed by atoms with Crippen LogP contribution in [-0.2, 0) is 0 Å². The quantitative estimate of drug-likeness (QED) is 0.892. The summed E-state index contributed by atoms with van der Waals surface area (Å²) in [5.74, 6) is 2.97. The van der Waals surface area contributed by atoms with E-state index in [0.717, 1.165) is 34.0 Å². The van der Waals surface area contributed by atoms with E-state index in [0.29, 0.717) is 0 Å². The van der Waals surface area contributed by atoms with Gasteiger partial charge in [-0.1, -0.05) is 0 Å². The molecule has 0 radical (unpaired) electrons. The zero-order chi connectivity index (χ0) is 10.3. The number of anilines is 1. The molecule has 0 unspecified atom stereocenters. The maximum absolute atomic E-state index is 4.37. The molecule has 1 aromatic rings. The van der Waals surface area contributed by atoms with Crippen molar-refractivity contribution in [2.45, 2.75) is 25.7 Å². The van der Waals surface area contributed by atoms with Crippen LogP contribution in [-0.4, -0.2) is 11.5 Å². The summed E-state index contributed by atoms with van der Waals surface area (Å²) in [6.45, 7) is 1.13. The molecule has 2 saturated carbocycles. The molecular weight excluding hydrogens is 272 g/mol. The van der Waals surface area contributed by atoms with Crippen molar-refractivity contribution < 1.29 is 0 Å². The third-order valence-electron chi connectivity index (χ3n) is 3.42. The molecule has 0 amide bonds. The molecule has 0 saturated heterocycles. The Labute approximate surface area is 103 Å². The summed E-state index contributed by atoms with van der Waals surface area (Å²) in [6, 6.07) is 0. The summed E-state index contributed by atoms with van der Waals surface area (Å²) >= 11 is 5.07. The van der Waals surface area contributed by atoms with E-state index >= 15 is 0 Å². The highest BCUT2D eigenvalue weighted by Gasteiger charge is 2.41. The van der Waals surface area contributed by atoms with Gasteiger partial charge in [0.1, 0.15) is 4.60 Å². The Bertz CT molecular complexity index is 332. The Kier molecular flexibility index (Phi) is 2.73. The highest BCUT2D eigenvalue weighted by Crippen LogP contribution is 2.49. The SMILES string of the molecule is Brc1csc(NCC(C2CC2)C2CC2)n1. The minimum absolute atomic E-state index is 0.924. The predicted octanol–water partition coefficient (Wildman–Crippen LogP) is 3.75. The first-order valence-electron chi connectivity index (χ1n) is 5.68. The van der Waals surface area contributed by atoms with E-state index in [1.807, 2.05) is 5.38 Å². The van der Waals surface area contributed by atoms with Crippen molar-refractivity contribution in [2.75, 3.05) is 11.9 Å². The van der Waals surface area contributed by atoms with Crippen LogP contribution < -0.4 is 5.32 Å². The number of thiazole rings is 1. The number of halogens is 1. The number of nitrogens with zero attached hydrogens (tertiary/aromatic N) is 1. The van der Waals surface area contributed by atoms with Crippen molar-refractivity contribution in [1.29, 1.82) is 0 Å². The van der Waals surface area contributed by atoms with Gasteiger partial charge in [-0.2, -0.15) is 0 Å². The van der Waals surface area contributed by atoms with Gasteiger partial charge >= 0.3 is 0 Å². The molecule has 3 rings (SSSR count). The Morgan fingerprint density at radius 1 is 1.40 bits per heavy atom. The average Bonchev–Trinajstić information content (AvgIpc) is 3.09. The first kappa shape index (κ1) is 10.1. The number of nitrogens with one attached hydrogen (secondary N) is 1. The molecule has 2 fully saturated rings. The van der Waals surface area contributed by atoms with E-state index in [1.54, 1.807) is 11.3 Å². The molecule has 1 N–H and O–H groups in total. The van der Waals surface area contributed by atoms with Crippen molar-refractivity contribution in [2.24, 2.45) is 17.8 Å². The summed E-state index contributed by atoms with van der Waals surface area (Å²) in [7, 11) is 0. The molecule has 0 spiro atoms. The van der Waals surface area contributed by atoms with Gasteiger partial charge in [0.25, 0.3) is 0 Å². The molecule has 2 nitrogen and oxygen atoms in total. The second-order valence-electron chi connectivity index (χ2n) is 4.69. The first-order chi connectivity index (χ1) is 7.33. The van der Waals surface area contributed by atoms with Crippen molar-refractivity contribution in [3.8, 4) is 0 Å². The molecule has 0 aromatic carbocycles. The summed E-state index contributed by atoms with van der Waals surface area (Å²) in [6.07, 6.45) is 5.85. The predicted molar refractivity (Wildman–Crippen MR) is 67.2 cm³/mol. The molecule has 0 aliphatic heterocycles. The van der Waals surface area contributed by atoms with Crippen LogP contribution in [0.4, 0.5) is 5.13 Å². The zero-order valence-electron chi connectivity index (χ0n) is 8.58. The smallest absolute Gasteiger partial charge is 0.183 e. The van der Waals surface area contributed by atoms with Gasteiger partial charge in [0.15, 0.2) is 5.13 Å². The molecule has 15 heavy (non-hydrogen) atoms. The fraction of sp³-hybridized carbons (Fsp3) is 0.727. The summed E-state index contributed by atoms with van der Waals surface area (Å²) in [5.41, 5.74) is 0. The lowest BCUT2D eigenvalue weighted by molar-refractivity contribution is 0.428. The van der Waals surface area contributed by atoms with Crippen LogP contribution >= 0.6 is 27.3 Å². The standard InChI is InChI=1S/C11H15BrN2S/c12-10-6-15-11(14-10)13-5-9(7-1-2-7)8-3-4-8/h6-9H,1-5H2,(H,13,14). The van der Waals surface area contributed by atoms with E-state index in [1.165, 1.54) is 25.7 Å². The van der Waals surface area contributed by atoms with Crippen LogP contribution in [0, 0.1) is 17.8 Å². The fourth-order valence-corrected chi connectivity index (χ4v) is 3.46. The average molecular weight is 287 g/mol. The highest BCUT2D eigenvalue weighted by atomic mass is 79.9. The third kappa shape index (κ3) is 2.53. The fourth-order valence-electron chi connectivity index (χ4n) is 2.31. The van der Waals surface area contributed by atoms with E-state index in [9.17, 15) is 0 Å². The Morgan fingerprint density at radius 2 is 2.07 bits per heavy atom. The molecule has 1 aromatic heterocycles. The zero-order valence-corrected chi connectivity index (χ0v) is 11.0. The number of hydrogen-bond acceptors (Lipinski definition) is 3. The number of aromatic nitrogens is 1.